The van der Waals surface area contributed by atoms with Crippen LogP contribution in [0.15, 0.2) is 65.8 Å². The van der Waals surface area contributed by atoms with Crippen LogP contribution in [0.3, 0.4) is 0 Å². The second kappa shape index (κ2) is 6.42. The zero-order valence-corrected chi connectivity index (χ0v) is 14.7. The summed E-state index contributed by atoms with van der Waals surface area (Å²) in [5, 5.41) is 4.31. The van der Waals surface area contributed by atoms with E-state index in [2.05, 4.69) is 10.3 Å². The summed E-state index contributed by atoms with van der Waals surface area (Å²) in [5.41, 5.74) is 1.57. The third kappa shape index (κ3) is 2.80. The second-order valence-corrected chi connectivity index (χ2v) is 7.94. The Morgan fingerprint density at radius 1 is 1.08 bits per heavy atom. The number of nitrogens with one attached hydrogen (secondary N) is 1. The molecule has 4 rings (SSSR count). The molecule has 0 fully saturated rings. The van der Waals surface area contributed by atoms with Gasteiger partial charge in [-0.3, -0.25) is 14.1 Å². The molecule has 3 aromatic rings. The molecule has 0 atom stereocenters. The minimum absolute atomic E-state index is 0.233. The lowest BCUT2D eigenvalue weighted by Gasteiger charge is -2.18. The number of rotatable bonds is 5. The Hall–Kier alpha value is -2.93. The summed E-state index contributed by atoms with van der Waals surface area (Å²) < 4.78 is 26.9. The van der Waals surface area contributed by atoms with Crippen LogP contribution in [0.2, 0.25) is 0 Å². The zero-order chi connectivity index (χ0) is 18.1. The molecular formula is C19H17N3O3S. The number of sulfonamides is 1. The Balaban J connectivity index is 1.50. The van der Waals surface area contributed by atoms with Gasteiger partial charge in [-0.05, 0) is 35.6 Å². The van der Waals surface area contributed by atoms with E-state index in [1.165, 1.54) is 4.31 Å². The Kier molecular flexibility index (Phi) is 4.08. The predicted octanol–water partition coefficient (Wildman–Crippen LogP) is 2.10. The number of amides is 1. The minimum Gasteiger partial charge on any atom is -0.354 e. The maximum absolute atomic E-state index is 12.8. The Bertz CT molecular complexity index is 1080. The molecular weight excluding hydrogens is 350 g/mol. The van der Waals surface area contributed by atoms with Gasteiger partial charge in [0.25, 0.3) is 10.0 Å². The molecule has 1 aliphatic heterocycles. The number of carbonyl (C=O) groups excluding carboxylic acids is 1. The second-order valence-electron chi connectivity index (χ2n) is 6.10. The average molecular weight is 367 g/mol. The average Bonchev–Trinajstić information content (AvgIpc) is 2.86. The van der Waals surface area contributed by atoms with Crippen LogP contribution >= 0.6 is 0 Å². The molecule has 6 nitrogen and oxygen atoms in total. The van der Waals surface area contributed by atoms with Crippen molar-refractivity contribution in [1.82, 2.24) is 10.3 Å². The molecule has 0 unspecified atom stereocenters. The molecule has 2 aromatic carbocycles. The van der Waals surface area contributed by atoms with Crippen LogP contribution < -0.4 is 9.62 Å². The summed E-state index contributed by atoms with van der Waals surface area (Å²) in [6.07, 6.45) is 4.08. The quantitative estimate of drug-likeness (QED) is 0.749. The van der Waals surface area contributed by atoms with Crippen molar-refractivity contribution in [3.63, 3.8) is 0 Å². The van der Waals surface area contributed by atoms with E-state index < -0.39 is 10.0 Å². The normalized spacial score (nSPS) is 14.5. The first kappa shape index (κ1) is 16.5. The third-order valence-corrected chi connectivity index (χ3v) is 6.23. The summed E-state index contributed by atoms with van der Waals surface area (Å²) >= 11 is 0. The first-order valence-electron chi connectivity index (χ1n) is 8.27. The fraction of sp³-hybridized carbons (Fsp3) is 0.158. The lowest BCUT2D eigenvalue weighted by molar-refractivity contribution is -0.119. The Morgan fingerprint density at radius 2 is 1.88 bits per heavy atom. The van der Waals surface area contributed by atoms with Gasteiger partial charge in [0.05, 0.1) is 10.6 Å². The van der Waals surface area contributed by atoms with Gasteiger partial charge in [-0.25, -0.2) is 8.42 Å². The molecule has 0 saturated heterocycles. The molecule has 2 heterocycles. The SMILES string of the molecule is O=C(CN1c2cccc3cccc(c23)S1(=O)=O)NCCc1cccnc1. The van der Waals surface area contributed by atoms with Crippen LogP contribution in [0.1, 0.15) is 5.56 Å². The lowest BCUT2D eigenvalue weighted by Crippen LogP contribution is -2.39. The highest BCUT2D eigenvalue weighted by molar-refractivity contribution is 7.93. The Labute approximate surface area is 151 Å². The molecule has 26 heavy (non-hydrogen) atoms. The van der Waals surface area contributed by atoms with E-state index in [-0.39, 0.29) is 17.3 Å². The van der Waals surface area contributed by atoms with Crippen LogP contribution in [0.25, 0.3) is 10.8 Å². The number of hydrogen-bond acceptors (Lipinski definition) is 4. The van der Waals surface area contributed by atoms with Crippen LogP contribution in [-0.2, 0) is 21.2 Å². The summed E-state index contributed by atoms with van der Waals surface area (Å²) in [4.78, 5) is 16.6. The first-order chi connectivity index (χ1) is 12.6. The van der Waals surface area contributed by atoms with Crippen LogP contribution in [-0.4, -0.2) is 32.4 Å². The van der Waals surface area contributed by atoms with Gasteiger partial charge >= 0.3 is 0 Å². The standard InChI is InChI=1S/C19H17N3O3S/c23-18(21-11-9-14-4-3-10-20-12-14)13-22-16-7-1-5-15-6-2-8-17(19(15)16)26(22,24)25/h1-8,10,12H,9,11,13H2,(H,21,23). The predicted molar refractivity (Wildman–Crippen MR) is 99.4 cm³/mol. The van der Waals surface area contributed by atoms with E-state index in [4.69, 9.17) is 0 Å². The molecule has 0 spiro atoms. The molecule has 1 N–H and O–H groups in total. The van der Waals surface area contributed by atoms with Crippen molar-refractivity contribution in [3.05, 3.63) is 66.5 Å². The van der Waals surface area contributed by atoms with E-state index >= 15 is 0 Å². The van der Waals surface area contributed by atoms with E-state index in [0.717, 1.165) is 10.9 Å². The van der Waals surface area contributed by atoms with E-state index in [1.807, 2.05) is 24.3 Å². The molecule has 0 bridgehead atoms. The molecule has 1 aliphatic rings. The molecule has 0 aliphatic carbocycles. The fourth-order valence-electron chi connectivity index (χ4n) is 3.21. The van der Waals surface area contributed by atoms with Gasteiger partial charge in [-0.15, -0.1) is 0 Å². The zero-order valence-electron chi connectivity index (χ0n) is 13.9. The lowest BCUT2D eigenvalue weighted by atomic mass is 10.1. The van der Waals surface area contributed by atoms with Crippen molar-refractivity contribution in [3.8, 4) is 0 Å². The van der Waals surface area contributed by atoms with Crippen molar-refractivity contribution in [2.24, 2.45) is 0 Å². The summed E-state index contributed by atoms with van der Waals surface area (Å²) in [6.45, 7) is 0.193. The highest BCUT2D eigenvalue weighted by Crippen LogP contribution is 2.41. The van der Waals surface area contributed by atoms with Crippen molar-refractivity contribution >= 4 is 32.4 Å². The molecule has 132 valence electrons. The van der Waals surface area contributed by atoms with Crippen molar-refractivity contribution in [1.29, 1.82) is 0 Å². The topological polar surface area (TPSA) is 79.4 Å². The van der Waals surface area contributed by atoms with Crippen LogP contribution in [0.5, 0.6) is 0 Å². The van der Waals surface area contributed by atoms with Gasteiger partial charge in [0.15, 0.2) is 0 Å². The highest BCUT2D eigenvalue weighted by Gasteiger charge is 2.36. The van der Waals surface area contributed by atoms with Gasteiger partial charge in [-0.2, -0.15) is 0 Å². The van der Waals surface area contributed by atoms with Gasteiger partial charge in [0, 0.05) is 24.3 Å². The molecule has 0 radical (unpaired) electrons. The monoisotopic (exact) mass is 367 g/mol. The fourth-order valence-corrected chi connectivity index (χ4v) is 4.87. The molecule has 7 heteroatoms. The largest absolute Gasteiger partial charge is 0.354 e. The van der Waals surface area contributed by atoms with Crippen molar-refractivity contribution in [2.75, 3.05) is 17.4 Å². The van der Waals surface area contributed by atoms with Crippen LogP contribution in [0.4, 0.5) is 5.69 Å². The summed E-state index contributed by atoms with van der Waals surface area (Å²) in [6, 6.07) is 14.4. The maximum Gasteiger partial charge on any atom is 0.265 e. The smallest absolute Gasteiger partial charge is 0.265 e. The Morgan fingerprint density at radius 3 is 2.65 bits per heavy atom. The van der Waals surface area contributed by atoms with E-state index in [0.29, 0.717) is 24.0 Å². The number of pyridine rings is 1. The summed E-state index contributed by atoms with van der Waals surface area (Å²) in [7, 11) is -3.71. The molecule has 0 saturated carbocycles. The van der Waals surface area contributed by atoms with Gasteiger partial charge in [-0.1, -0.05) is 30.3 Å². The summed E-state index contributed by atoms with van der Waals surface area (Å²) in [5.74, 6) is -0.331. The van der Waals surface area contributed by atoms with E-state index in [9.17, 15) is 13.2 Å². The number of aromatic nitrogens is 1. The number of anilines is 1. The highest BCUT2D eigenvalue weighted by atomic mass is 32.2. The van der Waals surface area contributed by atoms with Crippen LogP contribution in [0, 0.1) is 0 Å². The number of nitrogens with zero attached hydrogens (tertiary/aromatic N) is 2. The number of benzene rings is 2. The van der Waals surface area contributed by atoms with Crippen molar-refractivity contribution in [2.45, 2.75) is 11.3 Å². The molecule has 1 amide bonds. The van der Waals surface area contributed by atoms with Gasteiger partial charge in [0.2, 0.25) is 5.91 Å². The third-order valence-electron chi connectivity index (χ3n) is 4.43. The van der Waals surface area contributed by atoms with Gasteiger partial charge < -0.3 is 5.32 Å². The van der Waals surface area contributed by atoms with E-state index in [1.54, 1.807) is 36.7 Å². The maximum atomic E-state index is 12.8. The minimum atomic E-state index is -3.71. The molecule has 1 aromatic heterocycles. The van der Waals surface area contributed by atoms with Gasteiger partial charge in [0.1, 0.15) is 6.54 Å². The van der Waals surface area contributed by atoms with Crippen molar-refractivity contribution < 1.29 is 13.2 Å². The first-order valence-corrected chi connectivity index (χ1v) is 9.71. The number of carbonyl (C=O) groups is 1. The number of hydrogen-bond donors (Lipinski definition) is 1.